The first-order valence-electron chi connectivity index (χ1n) is 16.2. The lowest BCUT2D eigenvalue weighted by atomic mass is 9.82. The van der Waals surface area contributed by atoms with E-state index in [9.17, 15) is 9.59 Å². The Balaban J connectivity index is 3.98. The molecule has 0 aliphatic rings. The van der Waals surface area contributed by atoms with Gasteiger partial charge in [0, 0.05) is 0 Å². The summed E-state index contributed by atoms with van der Waals surface area (Å²) in [5.74, 6) is 0.451. The van der Waals surface area contributed by atoms with Crippen molar-refractivity contribution in [3.63, 3.8) is 0 Å². The zero-order valence-corrected chi connectivity index (χ0v) is 25.8. The van der Waals surface area contributed by atoms with Crippen molar-refractivity contribution in [1.82, 2.24) is 0 Å². The van der Waals surface area contributed by atoms with Crippen LogP contribution in [0.15, 0.2) is 0 Å². The van der Waals surface area contributed by atoms with Crippen LogP contribution in [0.25, 0.3) is 0 Å². The molecule has 0 aliphatic heterocycles. The van der Waals surface area contributed by atoms with Gasteiger partial charge in [0.15, 0.2) is 5.41 Å². The third-order valence-electron chi connectivity index (χ3n) is 8.04. The average molecular weight is 525 g/mol. The van der Waals surface area contributed by atoms with Gasteiger partial charge in [0.2, 0.25) is 0 Å². The van der Waals surface area contributed by atoms with Gasteiger partial charge in [-0.3, -0.25) is 9.59 Å². The fraction of sp³-hybridized carbons (Fsp3) is 0.939. The van der Waals surface area contributed by atoms with E-state index in [0.717, 1.165) is 31.6 Å². The van der Waals surface area contributed by atoms with E-state index in [0.29, 0.717) is 32.0 Å². The Morgan fingerprint density at radius 1 is 0.541 bits per heavy atom. The second kappa shape index (κ2) is 24.0. The molecule has 1 unspecified atom stereocenters. The summed E-state index contributed by atoms with van der Waals surface area (Å²) in [4.78, 5) is 25.8. The second-order valence-electron chi connectivity index (χ2n) is 11.9. The molecule has 0 rings (SSSR count). The molecule has 0 fully saturated rings. The van der Waals surface area contributed by atoms with Gasteiger partial charge in [0.25, 0.3) is 0 Å². The van der Waals surface area contributed by atoms with Gasteiger partial charge in [0.1, 0.15) is 0 Å². The summed E-state index contributed by atoms with van der Waals surface area (Å²) in [6, 6.07) is 0. The van der Waals surface area contributed by atoms with Crippen molar-refractivity contribution < 1.29 is 19.1 Å². The zero-order chi connectivity index (χ0) is 27.8. The van der Waals surface area contributed by atoms with Gasteiger partial charge in [-0.15, -0.1) is 0 Å². The average Bonchev–Trinajstić information content (AvgIpc) is 2.87. The van der Waals surface area contributed by atoms with Gasteiger partial charge in [-0.1, -0.05) is 144 Å². The Bertz CT molecular complexity index is 538. The maximum atomic E-state index is 12.9. The molecule has 0 aromatic carbocycles. The lowest BCUT2D eigenvalue weighted by molar-refractivity contribution is -0.173. The van der Waals surface area contributed by atoms with Crippen molar-refractivity contribution in [3.05, 3.63) is 0 Å². The molecule has 0 aromatic heterocycles. The molecule has 0 saturated heterocycles. The maximum Gasteiger partial charge on any atom is 0.323 e. The van der Waals surface area contributed by atoms with Crippen LogP contribution in [0, 0.1) is 17.3 Å². The molecule has 1 atom stereocenters. The Hall–Kier alpha value is -1.06. The largest absolute Gasteiger partial charge is 0.465 e. The summed E-state index contributed by atoms with van der Waals surface area (Å²) in [6.45, 7) is 13.5. The van der Waals surface area contributed by atoms with E-state index < -0.39 is 17.4 Å². The number of rotatable bonds is 26. The highest BCUT2D eigenvalue weighted by atomic mass is 16.6. The van der Waals surface area contributed by atoms with Crippen LogP contribution in [0.3, 0.4) is 0 Å². The van der Waals surface area contributed by atoms with Crippen LogP contribution in [-0.4, -0.2) is 25.2 Å². The van der Waals surface area contributed by atoms with E-state index in [4.69, 9.17) is 9.47 Å². The standard InChI is InChI=1S/C33H64O4/c1-7-10-11-12-13-14-15-16-17-18-19-20-21-22-27-36-31(34)33(8-2,9-3)32(35)37-28-26-30(6)25-23-24-29(4)5/h29-30H,7-28H2,1-6H3. The second-order valence-corrected chi connectivity index (χ2v) is 11.9. The van der Waals surface area contributed by atoms with Gasteiger partial charge in [-0.25, -0.2) is 0 Å². The molecule has 4 nitrogen and oxygen atoms in total. The minimum Gasteiger partial charge on any atom is -0.465 e. The number of hydrogen-bond donors (Lipinski definition) is 0. The minimum absolute atomic E-state index is 0.385. The maximum absolute atomic E-state index is 12.9. The molecule has 0 spiro atoms. The third kappa shape index (κ3) is 18.0. The highest BCUT2D eigenvalue weighted by Crippen LogP contribution is 2.30. The van der Waals surface area contributed by atoms with Crippen molar-refractivity contribution in [1.29, 1.82) is 0 Å². The van der Waals surface area contributed by atoms with Gasteiger partial charge in [-0.05, 0) is 37.5 Å². The van der Waals surface area contributed by atoms with E-state index in [2.05, 4.69) is 27.7 Å². The van der Waals surface area contributed by atoms with Crippen molar-refractivity contribution in [2.75, 3.05) is 13.2 Å². The van der Waals surface area contributed by atoms with Crippen molar-refractivity contribution in [3.8, 4) is 0 Å². The van der Waals surface area contributed by atoms with E-state index in [1.165, 1.54) is 89.9 Å². The van der Waals surface area contributed by atoms with Crippen molar-refractivity contribution >= 4 is 11.9 Å². The number of esters is 2. The first-order valence-corrected chi connectivity index (χ1v) is 16.2. The summed E-state index contributed by atoms with van der Waals surface area (Å²) in [6.07, 6.45) is 23.5. The van der Waals surface area contributed by atoms with Crippen LogP contribution >= 0.6 is 0 Å². The summed E-state index contributed by atoms with van der Waals surface area (Å²) >= 11 is 0. The molecule has 0 heterocycles. The Kier molecular flexibility index (Phi) is 23.3. The molecule has 0 aliphatic carbocycles. The van der Waals surface area contributed by atoms with Gasteiger partial charge < -0.3 is 9.47 Å². The lowest BCUT2D eigenvalue weighted by Crippen LogP contribution is -2.41. The van der Waals surface area contributed by atoms with Gasteiger partial charge in [0.05, 0.1) is 13.2 Å². The SMILES string of the molecule is CCCCCCCCCCCCCCCCOC(=O)C(CC)(CC)C(=O)OCCC(C)CCCC(C)C. The number of ether oxygens (including phenoxy) is 2. The molecular weight excluding hydrogens is 460 g/mol. The molecule has 0 bridgehead atoms. The van der Waals surface area contributed by atoms with Crippen LogP contribution < -0.4 is 0 Å². The van der Waals surface area contributed by atoms with Crippen LogP contribution in [-0.2, 0) is 19.1 Å². The third-order valence-corrected chi connectivity index (χ3v) is 8.04. The number of carbonyl (C=O) groups is 2. The molecule has 220 valence electrons. The fourth-order valence-corrected chi connectivity index (χ4v) is 5.02. The fourth-order valence-electron chi connectivity index (χ4n) is 5.02. The summed E-state index contributed by atoms with van der Waals surface area (Å²) in [7, 11) is 0. The number of hydrogen-bond acceptors (Lipinski definition) is 4. The van der Waals surface area contributed by atoms with E-state index in [1.807, 2.05) is 13.8 Å². The molecule has 0 N–H and O–H groups in total. The molecule has 0 radical (unpaired) electrons. The first kappa shape index (κ1) is 35.9. The van der Waals surface area contributed by atoms with E-state index in [-0.39, 0.29) is 0 Å². The number of carbonyl (C=O) groups excluding carboxylic acids is 2. The predicted molar refractivity (Wildman–Crippen MR) is 158 cm³/mol. The highest BCUT2D eigenvalue weighted by molar-refractivity contribution is 5.99. The smallest absolute Gasteiger partial charge is 0.323 e. The molecule has 4 heteroatoms. The van der Waals surface area contributed by atoms with Crippen LogP contribution in [0.2, 0.25) is 0 Å². The van der Waals surface area contributed by atoms with Gasteiger partial charge >= 0.3 is 11.9 Å². The summed E-state index contributed by atoms with van der Waals surface area (Å²) in [5.41, 5.74) is -1.16. The van der Waals surface area contributed by atoms with Crippen LogP contribution in [0.4, 0.5) is 0 Å². The molecule has 37 heavy (non-hydrogen) atoms. The quantitative estimate of drug-likeness (QED) is 0.0641. The van der Waals surface area contributed by atoms with Crippen LogP contribution in [0.5, 0.6) is 0 Å². The van der Waals surface area contributed by atoms with E-state index >= 15 is 0 Å². The number of unbranched alkanes of at least 4 members (excludes halogenated alkanes) is 13. The molecule has 0 aromatic rings. The lowest BCUT2D eigenvalue weighted by Gasteiger charge is -2.27. The summed E-state index contributed by atoms with van der Waals surface area (Å²) in [5, 5.41) is 0. The monoisotopic (exact) mass is 524 g/mol. The zero-order valence-electron chi connectivity index (χ0n) is 25.8. The Morgan fingerprint density at radius 2 is 0.973 bits per heavy atom. The Labute approximate surface area is 231 Å². The van der Waals surface area contributed by atoms with Crippen LogP contribution in [0.1, 0.15) is 170 Å². The Morgan fingerprint density at radius 3 is 1.41 bits per heavy atom. The molecule has 0 saturated carbocycles. The summed E-state index contributed by atoms with van der Waals surface area (Å²) < 4.78 is 11.2. The van der Waals surface area contributed by atoms with E-state index in [1.54, 1.807) is 0 Å². The minimum atomic E-state index is -1.16. The first-order chi connectivity index (χ1) is 17.8. The van der Waals surface area contributed by atoms with Crippen molar-refractivity contribution in [2.24, 2.45) is 17.3 Å². The van der Waals surface area contributed by atoms with Gasteiger partial charge in [-0.2, -0.15) is 0 Å². The molecule has 0 amide bonds. The normalized spacial score (nSPS) is 12.6. The highest BCUT2D eigenvalue weighted by Gasteiger charge is 2.45. The molecular formula is C33H64O4. The predicted octanol–water partition coefficient (Wildman–Crippen LogP) is 10.2. The van der Waals surface area contributed by atoms with Crippen molar-refractivity contribution in [2.45, 2.75) is 170 Å². The topological polar surface area (TPSA) is 52.6 Å².